The number of carbonyl (C=O) groups excluding carboxylic acids is 2. The molecule has 5 nitrogen and oxygen atoms in total. The Hall–Kier alpha value is -3.60. The smallest absolute Gasteiger partial charge is 0.295 e. The first-order valence-corrected chi connectivity index (χ1v) is 10.6. The molecular formula is C26H25NO4. The Kier molecular flexibility index (Phi) is 5.76. The van der Waals surface area contributed by atoms with Crippen LogP contribution >= 0.6 is 0 Å². The van der Waals surface area contributed by atoms with Crippen molar-refractivity contribution in [1.29, 1.82) is 0 Å². The normalized spacial score (nSPS) is 18.0. The summed E-state index contributed by atoms with van der Waals surface area (Å²) in [6.07, 6.45) is 0.706. The summed E-state index contributed by atoms with van der Waals surface area (Å²) >= 11 is 0. The van der Waals surface area contributed by atoms with E-state index in [9.17, 15) is 14.7 Å². The average Bonchev–Trinajstić information content (AvgIpc) is 3.04. The molecule has 0 bridgehead atoms. The largest absolute Gasteiger partial charge is 0.507 e. The Bertz CT molecular complexity index is 1160. The number of nitrogens with zero attached hydrogens (tertiary/aromatic N) is 1. The third-order valence-corrected chi connectivity index (χ3v) is 5.56. The van der Waals surface area contributed by atoms with E-state index in [1.165, 1.54) is 0 Å². The van der Waals surface area contributed by atoms with E-state index in [4.69, 9.17) is 4.74 Å². The van der Waals surface area contributed by atoms with Crippen LogP contribution in [0.15, 0.2) is 72.3 Å². The molecule has 0 saturated carbocycles. The van der Waals surface area contributed by atoms with Crippen LogP contribution in [0.2, 0.25) is 0 Å². The van der Waals surface area contributed by atoms with Gasteiger partial charge in [0, 0.05) is 12.1 Å². The number of Topliss-reactive ketones (excluding diaryl/α,β-unsaturated/α-hetero) is 1. The topological polar surface area (TPSA) is 66.8 Å². The molecule has 0 spiro atoms. The zero-order valence-corrected chi connectivity index (χ0v) is 17.7. The molecule has 1 saturated heterocycles. The van der Waals surface area contributed by atoms with Crippen LogP contribution in [0.5, 0.6) is 5.75 Å². The maximum absolute atomic E-state index is 13.1. The van der Waals surface area contributed by atoms with E-state index in [-0.39, 0.29) is 11.3 Å². The van der Waals surface area contributed by atoms with Crippen molar-refractivity contribution in [3.8, 4) is 5.75 Å². The van der Waals surface area contributed by atoms with Crippen molar-refractivity contribution < 1.29 is 19.4 Å². The maximum Gasteiger partial charge on any atom is 0.295 e. The van der Waals surface area contributed by atoms with E-state index in [0.29, 0.717) is 30.9 Å². The number of benzene rings is 3. The number of aliphatic hydroxyl groups excluding tert-OH is 1. The maximum atomic E-state index is 13.1. The molecule has 3 aromatic carbocycles. The van der Waals surface area contributed by atoms with Crippen LogP contribution in [0.1, 0.15) is 37.4 Å². The summed E-state index contributed by atoms with van der Waals surface area (Å²) in [5.41, 5.74) is 1.43. The van der Waals surface area contributed by atoms with Gasteiger partial charge in [-0.2, -0.15) is 0 Å². The molecule has 1 heterocycles. The van der Waals surface area contributed by atoms with Crippen LogP contribution in [0.25, 0.3) is 16.5 Å². The number of fused-ring (bicyclic) bond motifs is 1. The van der Waals surface area contributed by atoms with Crippen LogP contribution in [0, 0.1) is 0 Å². The predicted octanol–water partition coefficient (Wildman–Crippen LogP) is 5.07. The number of ether oxygens (including phenoxy) is 1. The first-order valence-electron chi connectivity index (χ1n) is 10.6. The highest BCUT2D eigenvalue weighted by Crippen LogP contribution is 2.41. The fourth-order valence-corrected chi connectivity index (χ4v) is 4.19. The molecule has 1 unspecified atom stereocenters. The summed E-state index contributed by atoms with van der Waals surface area (Å²) in [4.78, 5) is 27.5. The van der Waals surface area contributed by atoms with Crippen LogP contribution in [0.3, 0.4) is 0 Å². The summed E-state index contributed by atoms with van der Waals surface area (Å²) in [5.74, 6) is -0.723. The average molecular weight is 415 g/mol. The van der Waals surface area contributed by atoms with Gasteiger partial charge in [0.2, 0.25) is 0 Å². The van der Waals surface area contributed by atoms with Crippen molar-refractivity contribution in [2.24, 2.45) is 0 Å². The molecule has 0 aliphatic carbocycles. The number of likely N-dealkylation sites (tertiary alicyclic amines) is 1. The first kappa shape index (κ1) is 20.7. The van der Waals surface area contributed by atoms with Gasteiger partial charge in [-0.25, -0.2) is 0 Å². The number of hydrogen-bond acceptors (Lipinski definition) is 4. The Morgan fingerprint density at radius 1 is 0.968 bits per heavy atom. The van der Waals surface area contributed by atoms with Crippen LogP contribution < -0.4 is 4.74 Å². The van der Waals surface area contributed by atoms with Gasteiger partial charge in [0.1, 0.15) is 11.5 Å². The number of rotatable bonds is 6. The highest BCUT2D eigenvalue weighted by molar-refractivity contribution is 6.46. The van der Waals surface area contributed by atoms with E-state index >= 15 is 0 Å². The summed E-state index contributed by atoms with van der Waals surface area (Å²) in [7, 11) is 0. The third-order valence-electron chi connectivity index (χ3n) is 5.56. The van der Waals surface area contributed by atoms with Gasteiger partial charge < -0.3 is 14.7 Å². The van der Waals surface area contributed by atoms with Gasteiger partial charge in [-0.3, -0.25) is 9.59 Å². The van der Waals surface area contributed by atoms with Gasteiger partial charge >= 0.3 is 0 Å². The van der Waals surface area contributed by atoms with Gasteiger partial charge in [-0.1, -0.05) is 49.4 Å². The number of ketones is 1. The van der Waals surface area contributed by atoms with Gasteiger partial charge in [0.25, 0.3) is 11.7 Å². The van der Waals surface area contributed by atoms with Crippen molar-refractivity contribution in [3.63, 3.8) is 0 Å². The van der Waals surface area contributed by atoms with Crippen molar-refractivity contribution >= 4 is 28.2 Å². The Morgan fingerprint density at radius 2 is 1.68 bits per heavy atom. The van der Waals surface area contributed by atoms with Gasteiger partial charge in [0.05, 0.1) is 18.2 Å². The van der Waals surface area contributed by atoms with Gasteiger partial charge in [-0.15, -0.1) is 0 Å². The Morgan fingerprint density at radius 3 is 2.39 bits per heavy atom. The fourth-order valence-electron chi connectivity index (χ4n) is 4.19. The molecule has 0 aromatic heterocycles. The lowest BCUT2D eigenvalue weighted by Gasteiger charge is -2.26. The van der Waals surface area contributed by atoms with Crippen molar-refractivity contribution in [1.82, 2.24) is 4.90 Å². The lowest BCUT2D eigenvalue weighted by Crippen LogP contribution is -2.30. The van der Waals surface area contributed by atoms with E-state index in [2.05, 4.69) is 0 Å². The van der Waals surface area contributed by atoms with Gasteiger partial charge in [0.15, 0.2) is 0 Å². The minimum Gasteiger partial charge on any atom is -0.507 e. The van der Waals surface area contributed by atoms with E-state index in [0.717, 1.165) is 16.3 Å². The van der Waals surface area contributed by atoms with Crippen molar-refractivity contribution in [2.45, 2.75) is 26.3 Å². The van der Waals surface area contributed by atoms with Crippen molar-refractivity contribution in [2.75, 3.05) is 13.2 Å². The number of hydrogen-bond donors (Lipinski definition) is 1. The Labute approximate surface area is 181 Å². The van der Waals surface area contributed by atoms with E-state index in [1.54, 1.807) is 29.2 Å². The number of aliphatic hydroxyl groups is 1. The Balaban J connectivity index is 1.90. The fraction of sp³-hybridized carbons (Fsp3) is 0.231. The molecule has 1 amide bonds. The molecule has 1 N–H and O–H groups in total. The van der Waals surface area contributed by atoms with Crippen LogP contribution in [0.4, 0.5) is 0 Å². The zero-order chi connectivity index (χ0) is 22.0. The molecule has 1 atom stereocenters. The molecule has 3 aromatic rings. The van der Waals surface area contributed by atoms with E-state index in [1.807, 2.05) is 56.3 Å². The molecular weight excluding hydrogens is 390 g/mol. The summed E-state index contributed by atoms with van der Waals surface area (Å²) < 4.78 is 5.46. The standard InChI is InChI=1S/C26H25NO4/c1-3-16-27-23(21-11-7-9-17-8-5-6-10-20(17)21)22(25(29)26(27)30)24(28)18-12-14-19(15-13-18)31-4-2/h5-15,23,28H,3-4,16H2,1-2H3/b24-22-. The van der Waals surface area contributed by atoms with Gasteiger partial charge in [-0.05, 0) is 53.9 Å². The highest BCUT2D eigenvalue weighted by Gasteiger charge is 2.46. The molecule has 4 rings (SSSR count). The van der Waals surface area contributed by atoms with Crippen LogP contribution in [-0.2, 0) is 9.59 Å². The molecule has 1 aliphatic rings. The number of amides is 1. The highest BCUT2D eigenvalue weighted by atomic mass is 16.5. The molecule has 1 aliphatic heterocycles. The summed E-state index contributed by atoms with van der Waals surface area (Å²) in [6.45, 7) is 4.83. The number of carbonyl (C=O) groups is 2. The third kappa shape index (κ3) is 3.67. The summed E-state index contributed by atoms with van der Waals surface area (Å²) in [6, 6.07) is 20.0. The molecule has 31 heavy (non-hydrogen) atoms. The minimum atomic E-state index is -0.655. The zero-order valence-electron chi connectivity index (χ0n) is 17.7. The minimum absolute atomic E-state index is 0.124. The molecule has 1 fully saturated rings. The van der Waals surface area contributed by atoms with Crippen LogP contribution in [-0.4, -0.2) is 34.8 Å². The predicted molar refractivity (Wildman–Crippen MR) is 121 cm³/mol. The molecule has 5 heteroatoms. The second-order valence-electron chi connectivity index (χ2n) is 7.52. The quantitative estimate of drug-likeness (QED) is 0.347. The second-order valence-corrected chi connectivity index (χ2v) is 7.52. The lowest BCUT2D eigenvalue weighted by molar-refractivity contribution is -0.139. The first-order chi connectivity index (χ1) is 15.1. The SMILES string of the molecule is CCCN1C(=O)C(=O)/C(=C(\O)c2ccc(OCC)cc2)C1c1cccc2ccccc12. The second kappa shape index (κ2) is 8.64. The molecule has 0 radical (unpaired) electrons. The molecule has 158 valence electrons. The van der Waals surface area contributed by atoms with Crippen molar-refractivity contribution in [3.05, 3.63) is 83.4 Å². The lowest BCUT2D eigenvalue weighted by atomic mass is 9.91. The summed E-state index contributed by atoms with van der Waals surface area (Å²) in [5, 5.41) is 13.1. The monoisotopic (exact) mass is 415 g/mol. The van der Waals surface area contributed by atoms with E-state index < -0.39 is 17.7 Å².